The summed E-state index contributed by atoms with van der Waals surface area (Å²) in [6.07, 6.45) is 2.51. The van der Waals surface area contributed by atoms with Crippen LogP contribution < -0.4 is 4.74 Å². The number of hydrogen-bond donors (Lipinski definition) is 0. The van der Waals surface area contributed by atoms with E-state index in [0.29, 0.717) is 5.75 Å². The predicted molar refractivity (Wildman–Crippen MR) is 143 cm³/mol. The van der Waals surface area contributed by atoms with Gasteiger partial charge in [0.2, 0.25) is 0 Å². The van der Waals surface area contributed by atoms with E-state index in [9.17, 15) is 0 Å². The molecule has 5 aromatic rings. The van der Waals surface area contributed by atoms with Gasteiger partial charge in [-0.25, -0.2) is 4.98 Å². The largest absolute Gasteiger partial charge is 0.497 e. The maximum atomic E-state index is 5.36. The standard InChI is InChI=1S/C28H28N6OS/c1-35-23-15-13-22(14-16-23)33-25-12-6-5-11-24(25)29-27(33)20-36-28-31-30-26(19-32-17-7-8-18-32)34(28)21-9-3-2-4-10-21/h2-6,9-16H,7-8,17-20H2,1H3. The number of methoxy groups -OCH3 is 1. The molecule has 0 aliphatic carbocycles. The van der Waals surface area contributed by atoms with Crippen LogP contribution in [0.1, 0.15) is 24.5 Å². The Labute approximate surface area is 214 Å². The van der Waals surface area contributed by atoms with E-state index in [4.69, 9.17) is 9.72 Å². The van der Waals surface area contributed by atoms with Crippen molar-refractivity contribution in [1.82, 2.24) is 29.2 Å². The minimum atomic E-state index is 0.662. The van der Waals surface area contributed by atoms with Crippen molar-refractivity contribution in [2.75, 3.05) is 20.2 Å². The van der Waals surface area contributed by atoms with E-state index in [-0.39, 0.29) is 0 Å². The van der Waals surface area contributed by atoms with Crippen molar-refractivity contribution in [2.45, 2.75) is 30.3 Å². The Morgan fingerprint density at radius 2 is 1.50 bits per heavy atom. The molecule has 3 heterocycles. The van der Waals surface area contributed by atoms with Crippen LogP contribution in [-0.4, -0.2) is 49.4 Å². The number of rotatable bonds is 8. The zero-order chi connectivity index (χ0) is 24.3. The lowest BCUT2D eigenvalue weighted by atomic mass is 10.2. The number of benzene rings is 3. The van der Waals surface area contributed by atoms with Crippen molar-refractivity contribution in [1.29, 1.82) is 0 Å². The number of para-hydroxylation sites is 3. The number of fused-ring (bicyclic) bond motifs is 1. The van der Waals surface area contributed by atoms with Gasteiger partial charge in [0.25, 0.3) is 0 Å². The van der Waals surface area contributed by atoms with E-state index in [2.05, 4.69) is 78.8 Å². The summed E-state index contributed by atoms with van der Waals surface area (Å²) < 4.78 is 9.78. The zero-order valence-corrected chi connectivity index (χ0v) is 21.1. The second-order valence-electron chi connectivity index (χ2n) is 8.89. The molecule has 0 spiro atoms. The molecule has 1 aliphatic heterocycles. The van der Waals surface area contributed by atoms with Gasteiger partial charge in [0.05, 0.1) is 30.4 Å². The number of thioether (sulfide) groups is 1. The third-order valence-electron chi connectivity index (χ3n) is 6.57. The molecule has 182 valence electrons. The smallest absolute Gasteiger partial charge is 0.196 e. The van der Waals surface area contributed by atoms with Crippen LogP contribution in [0.4, 0.5) is 0 Å². The van der Waals surface area contributed by atoms with Gasteiger partial charge < -0.3 is 4.74 Å². The first kappa shape index (κ1) is 22.8. The van der Waals surface area contributed by atoms with E-state index in [0.717, 1.165) is 64.6 Å². The number of hydrogen-bond acceptors (Lipinski definition) is 6. The summed E-state index contributed by atoms with van der Waals surface area (Å²) in [5, 5.41) is 10.1. The summed E-state index contributed by atoms with van der Waals surface area (Å²) >= 11 is 1.67. The molecular weight excluding hydrogens is 468 g/mol. The average molecular weight is 497 g/mol. The second kappa shape index (κ2) is 10.2. The topological polar surface area (TPSA) is 61.0 Å². The molecule has 7 nitrogen and oxygen atoms in total. The molecule has 0 bridgehead atoms. The quantitative estimate of drug-likeness (QED) is 0.264. The fraction of sp³-hybridized carbons (Fsp3) is 0.250. The number of nitrogens with zero attached hydrogens (tertiary/aromatic N) is 6. The second-order valence-corrected chi connectivity index (χ2v) is 9.83. The van der Waals surface area contributed by atoms with Gasteiger partial charge in [-0.1, -0.05) is 42.1 Å². The molecule has 0 unspecified atom stereocenters. The summed E-state index contributed by atoms with van der Waals surface area (Å²) in [7, 11) is 1.69. The molecule has 0 saturated carbocycles. The van der Waals surface area contributed by atoms with Crippen molar-refractivity contribution in [3.63, 3.8) is 0 Å². The number of likely N-dealkylation sites (tertiary alicyclic amines) is 1. The fourth-order valence-corrected chi connectivity index (χ4v) is 5.68. The Hall–Kier alpha value is -3.62. The average Bonchev–Trinajstić information content (AvgIpc) is 3.67. The van der Waals surface area contributed by atoms with Crippen LogP contribution >= 0.6 is 11.8 Å². The third-order valence-corrected chi connectivity index (χ3v) is 7.49. The van der Waals surface area contributed by atoms with Crippen LogP contribution in [0.15, 0.2) is 84.0 Å². The molecule has 1 fully saturated rings. The molecule has 2 aromatic heterocycles. The zero-order valence-electron chi connectivity index (χ0n) is 20.2. The van der Waals surface area contributed by atoms with E-state index >= 15 is 0 Å². The fourth-order valence-electron chi connectivity index (χ4n) is 4.79. The van der Waals surface area contributed by atoms with E-state index in [1.54, 1.807) is 18.9 Å². The maximum Gasteiger partial charge on any atom is 0.196 e. The van der Waals surface area contributed by atoms with Crippen LogP contribution in [0.3, 0.4) is 0 Å². The van der Waals surface area contributed by atoms with E-state index in [1.807, 2.05) is 24.3 Å². The highest BCUT2D eigenvalue weighted by Gasteiger charge is 2.21. The Morgan fingerprint density at radius 1 is 0.778 bits per heavy atom. The first-order valence-corrected chi connectivity index (χ1v) is 13.2. The molecule has 0 radical (unpaired) electrons. The first-order valence-electron chi connectivity index (χ1n) is 12.3. The van der Waals surface area contributed by atoms with Gasteiger partial charge in [-0.05, 0) is 74.5 Å². The van der Waals surface area contributed by atoms with Crippen LogP contribution in [0.5, 0.6) is 5.75 Å². The normalized spacial score (nSPS) is 14.0. The van der Waals surface area contributed by atoms with Crippen molar-refractivity contribution >= 4 is 22.8 Å². The highest BCUT2D eigenvalue weighted by molar-refractivity contribution is 7.98. The number of imidazole rings is 1. The molecule has 8 heteroatoms. The minimum Gasteiger partial charge on any atom is -0.497 e. The molecule has 0 atom stereocenters. The molecule has 0 N–H and O–H groups in total. The summed E-state index contributed by atoms with van der Waals surface area (Å²) in [5.74, 6) is 3.44. The SMILES string of the molecule is COc1ccc(-n2c(CSc3nnc(CN4CCCC4)n3-c3ccccc3)nc3ccccc32)cc1. The third kappa shape index (κ3) is 4.50. The van der Waals surface area contributed by atoms with Gasteiger partial charge in [-0.3, -0.25) is 14.0 Å². The summed E-state index contributed by atoms with van der Waals surface area (Å²) in [4.78, 5) is 7.44. The number of ether oxygens (including phenoxy) is 1. The van der Waals surface area contributed by atoms with Crippen LogP contribution in [-0.2, 0) is 12.3 Å². The molecular formula is C28H28N6OS. The highest BCUT2D eigenvalue weighted by Crippen LogP contribution is 2.30. The van der Waals surface area contributed by atoms with Crippen LogP contribution in [0.25, 0.3) is 22.4 Å². The summed E-state index contributed by atoms with van der Waals surface area (Å²) in [6.45, 7) is 3.05. The highest BCUT2D eigenvalue weighted by atomic mass is 32.2. The van der Waals surface area contributed by atoms with Gasteiger partial charge in [0.1, 0.15) is 11.6 Å². The van der Waals surface area contributed by atoms with Crippen molar-refractivity contribution in [3.8, 4) is 17.1 Å². The summed E-state index contributed by atoms with van der Waals surface area (Å²) in [5.41, 5.74) is 4.20. The lowest BCUT2D eigenvalue weighted by Crippen LogP contribution is -2.21. The summed E-state index contributed by atoms with van der Waals surface area (Å²) in [6, 6.07) is 26.8. The molecule has 0 amide bonds. The van der Waals surface area contributed by atoms with E-state index < -0.39 is 0 Å². The van der Waals surface area contributed by atoms with E-state index in [1.165, 1.54) is 12.8 Å². The van der Waals surface area contributed by atoms with Crippen molar-refractivity contribution in [3.05, 3.63) is 90.5 Å². The molecule has 3 aromatic carbocycles. The van der Waals surface area contributed by atoms with Crippen LogP contribution in [0, 0.1) is 0 Å². The Balaban J connectivity index is 1.35. The monoisotopic (exact) mass is 496 g/mol. The molecule has 1 aliphatic rings. The van der Waals surface area contributed by atoms with Crippen LogP contribution in [0.2, 0.25) is 0 Å². The lowest BCUT2D eigenvalue weighted by molar-refractivity contribution is 0.319. The predicted octanol–water partition coefficient (Wildman–Crippen LogP) is 5.50. The van der Waals surface area contributed by atoms with Gasteiger partial charge in [0, 0.05) is 11.4 Å². The van der Waals surface area contributed by atoms with Gasteiger partial charge in [-0.2, -0.15) is 0 Å². The Morgan fingerprint density at radius 3 is 2.28 bits per heavy atom. The Bertz CT molecular complexity index is 1450. The van der Waals surface area contributed by atoms with Crippen molar-refractivity contribution in [2.24, 2.45) is 0 Å². The maximum absolute atomic E-state index is 5.36. The lowest BCUT2D eigenvalue weighted by Gasteiger charge is -2.16. The molecule has 6 rings (SSSR count). The first-order chi connectivity index (χ1) is 17.8. The Kier molecular flexibility index (Phi) is 6.44. The van der Waals surface area contributed by atoms with Crippen molar-refractivity contribution < 1.29 is 4.74 Å². The molecule has 1 saturated heterocycles. The van der Waals surface area contributed by atoms with Gasteiger partial charge in [0.15, 0.2) is 11.0 Å². The molecule has 36 heavy (non-hydrogen) atoms. The minimum absolute atomic E-state index is 0.662. The van der Waals surface area contributed by atoms with Gasteiger partial charge in [-0.15, -0.1) is 10.2 Å². The van der Waals surface area contributed by atoms with Gasteiger partial charge >= 0.3 is 0 Å². The number of aromatic nitrogens is 5.